The van der Waals surface area contributed by atoms with Crippen LogP contribution in [0.3, 0.4) is 0 Å². The van der Waals surface area contributed by atoms with E-state index in [9.17, 15) is 4.79 Å². The lowest BCUT2D eigenvalue weighted by molar-refractivity contribution is -0.125. The number of carbonyl (C=O) groups is 1. The molecule has 25 heavy (non-hydrogen) atoms. The second kappa shape index (κ2) is 8.67. The first-order valence-electron chi connectivity index (χ1n) is 8.93. The number of halogens is 1. The van der Waals surface area contributed by atoms with Gasteiger partial charge in [-0.1, -0.05) is 15.9 Å². The van der Waals surface area contributed by atoms with Gasteiger partial charge in [0.15, 0.2) is 0 Å². The molecule has 0 bridgehead atoms. The number of piperidine rings is 1. The molecule has 1 amide bonds. The van der Waals surface area contributed by atoms with Crippen LogP contribution in [0.5, 0.6) is 0 Å². The van der Waals surface area contributed by atoms with Crippen LogP contribution in [0.15, 0.2) is 22.7 Å². The fraction of sp³-hybridized carbons (Fsp3) is 0.556. The number of nitrogens with one attached hydrogen (secondary N) is 2. The summed E-state index contributed by atoms with van der Waals surface area (Å²) in [6, 6.07) is 6.01. The summed E-state index contributed by atoms with van der Waals surface area (Å²) in [5.41, 5.74) is 1.95. The van der Waals surface area contributed by atoms with Crippen LogP contribution < -0.4 is 10.2 Å². The minimum absolute atomic E-state index is 0.0146. The molecule has 2 aromatic rings. The van der Waals surface area contributed by atoms with Gasteiger partial charge in [0.1, 0.15) is 0 Å². The molecule has 2 heterocycles. The summed E-state index contributed by atoms with van der Waals surface area (Å²) in [6.45, 7) is 5.70. The number of anilines is 1. The average Bonchev–Trinajstić information content (AvgIpc) is 3.04. The van der Waals surface area contributed by atoms with Crippen molar-refractivity contribution in [3.05, 3.63) is 22.7 Å². The molecule has 1 atom stereocenters. The molecule has 1 fully saturated rings. The maximum absolute atomic E-state index is 12.4. The predicted molar refractivity (Wildman–Crippen MR) is 103 cm³/mol. The maximum atomic E-state index is 12.4. The van der Waals surface area contributed by atoms with Crippen LogP contribution in [-0.2, 0) is 9.53 Å². The summed E-state index contributed by atoms with van der Waals surface area (Å²) >= 11 is 3.48. The van der Waals surface area contributed by atoms with Gasteiger partial charge in [-0.05, 0) is 44.4 Å². The smallest absolute Gasteiger partial charge is 0.224 e. The highest BCUT2D eigenvalue weighted by molar-refractivity contribution is 9.10. The molecule has 1 aromatic heterocycles. The Bertz CT molecular complexity index is 718. The molecule has 2 N–H and O–H groups in total. The summed E-state index contributed by atoms with van der Waals surface area (Å²) in [5, 5.41) is 3.03. The minimum atomic E-state index is 0.0146. The molecule has 0 spiro atoms. The van der Waals surface area contributed by atoms with Gasteiger partial charge in [0.05, 0.1) is 17.0 Å². The molecule has 0 radical (unpaired) electrons. The molecule has 0 unspecified atom stereocenters. The lowest BCUT2D eigenvalue weighted by Gasteiger charge is -2.31. The first kappa shape index (κ1) is 18.2. The SMILES string of the molecule is CCOCCCNC(=O)[C@@H]1CCCN(c2nc3ccc(Br)cc3[nH]2)C1. The van der Waals surface area contributed by atoms with E-state index in [2.05, 4.69) is 36.1 Å². The monoisotopic (exact) mass is 408 g/mol. The first-order chi connectivity index (χ1) is 12.2. The highest BCUT2D eigenvalue weighted by Gasteiger charge is 2.27. The van der Waals surface area contributed by atoms with Gasteiger partial charge in [-0.3, -0.25) is 4.79 Å². The van der Waals surface area contributed by atoms with E-state index in [-0.39, 0.29) is 11.8 Å². The average molecular weight is 409 g/mol. The Hall–Kier alpha value is -1.60. The minimum Gasteiger partial charge on any atom is -0.382 e. The number of fused-ring (bicyclic) bond motifs is 1. The summed E-state index contributed by atoms with van der Waals surface area (Å²) in [4.78, 5) is 22.6. The molecule has 6 nitrogen and oxygen atoms in total. The van der Waals surface area contributed by atoms with Gasteiger partial charge in [-0.2, -0.15) is 0 Å². The fourth-order valence-corrected chi connectivity index (χ4v) is 3.54. The van der Waals surface area contributed by atoms with Crippen LogP contribution in [0, 0.1) is 5.92 Å². The molecule has 7 heteroatoms. The lowest BCUT2D eigenvalue weighted by Crippen LogP contribution is -2.43. The largest absolute Gasteiger partial charge is 0.382 e. The standard InChI is InChI=1S/C18H25BrN4O2/c1-2-25-10-4-8-20-17(24)13-5-3-9-23(12-13)18-21-15-7-6-14(19)11-16(15)22-18/h6-7,11,13H,2-5,8-10,12H2,1H3,(H,20,24)(H,21,22)/t13-/m1/s1. The van der Waals surface area contributed by atoms with E-state index in [1.165, 1.54) is 0 Å². The molecule has 1 aromatic carbocycles. The Morgan fingerprint density at radius 2 is 2.40 bits per heavy atom. The fourth-order valence-electron chi connectivity index (χ4n) is 3.18. The molecular formula is C18H25BrN4O2. The third-order valence-electron chi connectivity index (χ3n) is 4.49. The number of H-pyrrole nitrogens is 1. The predicted octanol–water partition coefficient (Wildman–Crippen LogP) is 3.08. The molecule has 0 saturated carbocycles. The van der Waals surface area contributed by atoms with Gasteiger partial charge >= 0.3 is 0 Å². The number of imidazole rings is 1. The zero-order valence-electron chi connectivity index (χ0n) is 14.6. The van der Waals surface area contributed by atoms with Crippen molar-refractivity contribution in [2.75, 3.05) is 37.7 Å². The number of rotatable bonds is 7. The van der Waals surface area contributed by atoms with Crippen molar-refractivity contribution in [2.45, 2.75) is 26.2 Å². The molecule has 0 aliphatic carbocycles. The molecule has 136 valence electrons. The zero-order valence-corrected chi connectivity index (χ0v) is 16.1. The van der Waals surface area contributed by atoms with Crippen molar-refractivity contribution in [3.63, 3.8) is 0 Å². The van der Waals surface area contributed by atoms with Crippen LogP contribution in [0.25, 0.3) is 11.0 Å². The van der Waals surface area contributed by atoms with Crippen LogP contribution >= 0.6 is 15.9 Å². The Morgan fingerprint density at radius 3 is 3.24 bits per heavy atom. The van der Waals surface area contributed by atoms with Crippen molar-refractivity contribution < 1.29 is 9.53 Å². The molecule has 3 rings (SSSR count). The molecular weight excluding hydrogens is 384 g/mol. The Labute approximate surface area is 156 Å². The number of aromatic nitrogens is 2. The highest BCUT2D eigenvalue weighted by Crippen LogP contribution is 2.25. The van der Waals surface area contributed by atoms with Gasteiger partial charge < -0.3 is 19.9 Å². The van der Waals surface area contributed by atoms with Gasteiger partial charge in [-0.15, -0.1) is 0 Å². The van der Waals surface area contributed by atoms with E-state index in [1.807, 2.05) is 25.1 Å². The number of benzene rings is 1. The molecule has 1 saturated heterocycles. The van der Waals surface area contributed by atoms with Gasteiger partial charge in [-0.25, -0.2) is 4.98 Å². The summed E-state index contributed by atoms with van der Waals surface area (Å²) in [6.07, 6.45) is 2.78. The van der Waals surface area contributed by atoms with Crippen LogP contribution in [0.1, 0.15) is 26.2 Å². The van der Waals surface area contributed by atoms with Crippen LogP contribution in [0.2, 0.25) is 0 Å². The van der Waals surface area contributed by atoms with E-state index in [4.69, 9.17) is 4.74 Å². The maximum Gasteiger partial charge on any atom is 0.224 e. The normalized spacial score (nSPS) is 17.8. The molecule has 1 aliphatic heterocycles. The van der Waals surface area contributed by atoms with Crippen molar-refractivity contribution in [3.8, 4) is 0 Å². The van der Waals surface area contributed by atoms with Crippen molar-refractivity contribution in [1.29, 1.82) is 0 Å². The van der Waals surface area contributed by atoms with E-state index >= 15 is 0 Å². The topological polar surface area (TPSA) is 70.2 Å². The third-order valence-corrected chi connectivity index (χ3v) is 4.99. The van der Waals surface area contributed by atoms with Gasteiger partial charge in [0, 0.05) is 37.3 Å². The second-order valence-corrected chi connectivity index (χ2v) is 7.26. The van der Waals surface area contributed by atoms with Crippen LogP contribution in [0.4, 0.5) is 5.95 Å². The number of nitrogens with zero attached hydrogens (tertiary/aromatic N) is 2. The quantitative estimate of drug-likeness (QED) is 0.690. The van der Waals surface area contributed by atoms with Crippen molar-refractivity contribution in [1.82, 2.24) is 15.3 Å². The number of ether oxygens (including phenoxy) is 1. The summed E-state index contributed by atoms with van der Waals surface area (Å²) < 4.78 is 6.32. The van der Waals surface area contributed by atoms with Gasteiger partial charge in [0.25, 0.3) is 0 Å². The zero-order chi connectivity index (χ0) is 17.6. The highest BCUT2D eigenvalue weighted by atomic mass is 79.9. The third kappa shape index (κ3) is 4.73. The Balaban J connectivity index is 1.57. The van der Waals surface area contributed by atoms with Crippen LogP contribution in [-0.4, -0.2) is 48.7 Å². The summed E-state index contributed by atoms with van der Waals surface area (Å²) in [5.74, 6) is 1.00. The molecule has 1 aliphatic rings. The Kier molecular flexibility index (Phi) is 6.31. The number of aromatic amines is 1. The lowest BCUT2D eigenvalue weighted by atomic mass is 9.97. The van der Waals surface area contributed by atoms with E-state index in [0.29, 0.717) is 19.7 Å². The summed E-state index contributed by atoms with van der Waals surface area (Å²) in [7, 11) is 0. The number of carbonyl (C=O) groups excluding carboxylic acids is 1. The number of hydrogen-bond acceptors (Lipinski definition) is 4. The Morgan fingerprint density at radius 1 is 1.52 bits per heavy atom. The second-order valence-electron chi connectivity index (χ2n) is 6.35. The first-order valence-corrected chi connectivity index (χ1v) is 9.72. The van der Waals surface area contributed by atoms with E-state index < -0.39 is 0 Å². The van der Waals surface area contributed by atoms with Crippen molar-refractivity contribution >= 4 is 38.8 Å². The number of amides is 1. The van der Waals surface area contributed by atoms with E-state index in [1.54, 1.807) is 0 Å². The number of hydrogen-bond donors (Lipinski definition) is 2. The van der Waals surface area contributed by atoms with Crippen molar-refractivity contribution in [2.24, 2.45) is 5.92 Å². The van der Waals surface area contributed by atoms with E-state index in [0.717, 1.165) is 53.9 Å². The van der Waals surface area contributed by atoms with Gasteiger partial charge in [0.2, 0.25) is 11.9 Å².